The maximum atomic E-state index is 12.7. The maximum Gasteiger partial charge on any atom is 0.329 e. The first-order chi connectivity index (χ1) is 15.3. The average Bonchev–Trinajstić information content (AvgIpc) is 3.30. The van der Waals surface area contributed by atoms with E-state index >= 15 is 0 Å². The number of imidazole rings is 1. The number of benzene rings is 1. The molecular formula is C22H26N6O4. The molecule has 0 amide bonds. The van der Waals surface area contributed by atoms with Crippen LogP contribution in [0, 0.1) is 13.8 Å². The third-order valence-electron chi connectivity index (χ3n) is 5.35. The molecule has 10 heteroatoms. The zero-order valence-electron chi connectivity index (χ0n) is 18.5. The van der Waals surface area contributed by atoms with Crippen LogP contribution in [0.25, 0.3) is 17.1 Å². The molecule has 168 valence electrons. The summed E-state index contributed by atoms with van der Waals surface area (Å²) < 4.78 is 10.2. The van der Waals surface area contributed by atoms with Crippen molar-refractivity contribution < 1.29 is 9.84 Å². The summed E-state index contributed by atoms with van der Waals surface area (Å²) in [5.74, 6) is 0.986. The lowest BCUT2D eigenvalue weighted by Gasteiger charge is -2.16. The number of hydrogen-bond donors (Lipinski definition) is 2. The molecule has 0 saturated carbocycles. The van der Waals surface area contributed by atoms with Crippen molar-refractivity contribution in [3.8, 4) is 11.7 Å². The number of aryl methyl sites for hydroxylation is 4. The molecule has 0 aliphatic rings. The Labute approximate surface area is 183 Å². The second kappa shape index (κ2) is 8.46. The van der Waals surface area contributed by atoms with E-state index < -0.39 is 17.4 Å². The number of fused-ring (bicyclic) bond motifs is 1. The topological polar surface area (TPSA) is 120 Å². The molecular weight excluding hydrogens is 412 g/mol. The van der Waals surface area contributed by atoms with E-state index in [0.29, 0.717) is 11.7 Å². The van der Waals surface area contributed by atoms with Crippen LogP contribution in [0.5, 0.6) is 5.75 Å². The van der Waals surface area contributed by atoms with E-state index in [1.807, 2.05) is 44.2 Å². The highest BCUT2D eigenvalue weighted by Crippen LogP contribution is 2.18. The average molecular weight is 438 g/mol. The van der Waals surface area contributed by atoms with Crippen LogP contribution in [0.15, 0.2) is 39.9 Å². The maximum absolute atomic E-state index is 12.7. The number of rotatable bonds is 7. The van der Waals surface area contributed by atoms with Crippen molar-refractivity contribution >= 4 is 11.2 Å². The first kappa shape index (κ1) is 21.6. The predicted molar refractivity (Wildman–Crippen MR) is 120 cm³/mol. The lowest BCUT2D eigenvalue weighted by atomic mass is 10.2. The highest BCUT2D eigenvalue weighted by Gasteiger charge is 2.22. The van der Waals surface area contributed by atoms with E-state index in [1.165, 1.54) is 17.2 Å². The fraction of sp³-hybridized carbons (Fsp3) is 0.364. The van der Waals surface area contributed by atoms with E-state index in [0.717, 1.165) is 17.8 Å². The number of nitrogens with one attached hydrogen (secondary N) is 1. The summed E-state index contributed by atoms with van der Waals surface area (Å²) in [6.07, 6.45) is -0.00597. The molecule has 0 fully saturated rings. The van der Waals surface area contributed by atoms with Gasteiger partial charge in [-0.05, 0) is 44.0 Å². The van der Waals surface area contributed by atoms with Gasteiger partial charge in [-0.25, -0.2) is 9.48 Å². The predicted octanol–water partition coefficient (Wildman–Crippen LogP) is 1.23. The van der Waals surface area contributed by atoms with Gasteiger partial charge in [-0.15, -0.1) is 0 Å². The van der Waals surface area contributed by atoms with Crippen LogP contribution in [0.3, 0.4) is 0 Å². The minimum absolute atomic E-state index is 0.0192. The van der Waals surface area contributed by atoms with Gasteiger partial charge in [-0.1, -0.05) is 19.1 Å². The van der Waals surface area contributed by atoms with Crippen molar-refractivity contribution in [2.45, 2.75) is 39.8 Å². The number of ether oxygens (including phenoxy) is 1. The highest BCUT2D eigenvalue weighted by atomic mass is 16.5. The molecule has 3 heterocycles. The van der Waals surface area contributed by atoms with E-state index in [9.17, 15) is 14.7 Å². The molecule has 0 aliphatic carbocycles. The van der Waals surface area contributed by atoms with Gasteiger partial charge >= 0.3 is 5.69 Å². The van der Waals surface area contributed by atoms with Crippen molar-refractivity contribution in [2.24, 2.45) is 7.05 Å². The van der Waals surface area contributed by atoms with Crippen molar-refractivity contribution in [3.63, 3.8) is 0 Å². The molecule has 0 radical (unpaired) electrons. The molecule has 10 nitrogen and oxygen atoms in total. The minimum atomic E-state index is -0.939. The van der Waals surface area contributed by atoms with E-state index in [4.69, 9.17) is 4.74 Å². The molecule has 4 rings (SSSR count). The van der Waals surface area contributed by atoms with Gasteiger partial charge in [0.05, 0.1) is 12.2 Å². The second-order valence-corrected chi connectivity index (χ2v) is 7.81. The molecule has 4 aromatic rings. The largest absolute Gasteiger partial charge is 0.491 e. The molecule has 0 aliphatic heterocycles. The van der Waals surface area contributed by atoms with Crippen LogP contribution in [-0.2, 0) is 20.0 Å². The van der Waals surface area contributed by atoms with Gasteiger partial charge in [-0.3, -0.25) is 18.9 Å². The van der Waals surface area contributed by atoms with Gasteiger partial charge in [0.1, 0.15) is 18.5 Å². The normalized spacial score (nSPS) is 12.4. The van der Waals surface area contributed by atoms with E-state index in [2.05, 4.69) is 22.0 Å². The van der Waals surface area contributed by atoms with Gasteiger partial charge in [0.25, 0.3) is 5.56 Å². The number of aromatic amines is 1. The zero-order chi connectivity index (χ0) is 23.0. The third kappa shape index (κ3) is 3.96. The Hall–Kier alpha value is -3.66. The number of nitrogens with zero attached hydrogens (tertiary/aromatic N) is 5. The summed E-state index contributed by atoms with van der Waals surface area (Å²) >= 11 is 0. The van der Waals surface area contributed by atoms with Gasteiger partial charge in [0.2, 0.25) is 5.95 Å². The summed E-state index contributed by atoms with van der Waals surface area (Å²) in [6.45, 7) is 5.84. The first-order valence-corrected chi connectivity index (χ1v) is 10.4. The quantitative estimate of drug-likeness (QED) is 0.448. The number of hydrogen-bond acceptors (Lipinski definition) is 6. The smallest absolute Gasteiger partial charge is 0.329 e. The van der Waals surface area contributed by atoms with Gasteiger partial charge in [0, 0.05) is 12.7 Å². The molecule has 1 atom stereocenters. The van der Waals surface area contributed by atoms with Gasteiger partial charge < -0.3 is 9.84 Å². The monoisotopic (exact) mass is 438 g/mol. The van der Waals surface area contributed by atoms with Gasteiger partial charge in [-0.2, -0.15) is 10.1 Å². The summed E-state index contributed by atoms with van der Waals surface area (Å²) in [5, 5.41) is 15.2. The fourth-order valence-electron chi connectivity index (χ4n) is 3.67. The van der Waals surface area contributed by atoms with Crippen molar-refractivity contribution in [1.29, 1.82) is 0 Å². The Morgan fingerprint density at radius 2 is 1.91 bits per heavy atom. The van der Waals surface area contributed by atoms with Crippen molar-refractivity contribution in [3.05, 3.63) is 68.1 Å². The SMILES string of the molecule is CCc1ccc(OC[C@H](O)Cn2c(-n3nc(C)cc3C)nc3c2c(=O)[nH]c(=O)n3C)cc1. The van der Waals surface area contributed by atoms with Crippen molar-refractivity contribution in [2.75, 3.05) is 6.61 Å². The van der Waals surface area contributed by atoms with E-state index in [-0.39, 0.29) is 24.3 Å². The first-order valence-electron chi connectivity index (χ1n) is 10.4. The molecule has 1 aromatic carbocycles. The Kier molecular flexibility index (Phi) is 5.70. The molecule has 0 unspecified atom stereocenters. The van der Waals surface area contributed by atoms with Crippen LogP contribution in [0.2, 0.25) is 0 Å². The third-order valence-corrected chi connectivity index (χ3v) is 5.35. The van der Waals surface area contributed by atoms with Crippen molar-refractivity contribution in [1.82, 2.24) is 28.9 Å². The molecule has 0 saturated heterocycles. The lowest BCUT2D eigenvalue weighted by Crippen LogP contribution is -2.31. The Morgan fingerprint density at radius 1 is 1.19 bits per heavy atom. The Balaban J connectivity index is 1.70. The Bertz CT molecular complexity index is 1380. The Morgan fingerprint density at radius 3 is 2.53 bits per heavy atom. The number of aliphatic hydroxyl groups excluding tert-OH is 1. The second-order valence-electron chi connectivity index (χ2n) is 7.81. The van der Waals surface area contributed by atoms with E-state index in [1.54, 1.807) is 9.25 Å². The van der Waals surface area contributed by atoms with Crippen LogP contribution in [-0.4, -0.2) is 46.7 Å². The fourth-order valence-corrected chi connectivity index (χ4v) is 3.67. The van der Waals surface area contributed by atoms with Gasteiger partial charge in [0.15, 0.2) is 11.2 Å². The summed E-state index contributed by atoms with van der Waals surface area (Å²) in [4.78, 5) is 31.6. The lowest BCUT2D eigenvalue weighted by molar-refractivity contribution is 0.0932. The van der Waals surface area contributed by atoms with Crippen LogP contribution < -0.4 is 16.0 Å². The zero-order valence-corrected chi connectivity index (χ0v) is 18.5. The van der Waals surface area contributed by atoms with Crippen LogP contribution in [0.4, 0.5) is 0 Å². The number of H-pyrrole nitrogens is 1. The summed E-state index contributed by atoms with van der Waals surface area (Å²) in [7, 11) is 1.53. The standard InChI is InChI=1S/C22H26N6O4/c1-5-15-6-8-17(9-7-15)32-12-16(29)11-27-18-19(26(4)22(31)24-20(18)30)23-21(27)28-14(3)10-13(2)25-28/h6-10,16,29H,5,11-12H2,1-4H3,(H,24,30,31)/t16-/m1/s1. The molecule has 3 aromatic heterocycles. The molecule has 32 heavy (non-hydrogen) atoms. The minimum Gasteiger partial charge on any atom is -0.491 e. The molecule has 2 N–H and O–H groups in total. The molecule has 0 bridgehead atoms. The number of aromatic nitrogens is 6. The van der Waals surface area contributed by atoms with Crippen LogP contribution in [0.1, 0.15) is 23.9 Å². The molecule has 0 spiro atoms. The summed E-state index contributed by atoms with van der Waals surface area (Å²) in [5.41, 5.74) is 2.04. The summed E-state index contributed by atoms with van der Waals surface area (Å²) in [6, 6.07) is 9.56. The highest BCUT2D eigenvalue weighted by molar-refractivity contribution is 5.72. The van der Waals surface area contributed by atoms with Crippen LogP contribution >= 0.6 is 0 Å². The number of aliphatic hydroxyl groups is 1.